The van der Waals surface area contributed by atoms with Crippen molar-refractivity contribution in [2.45, 2.75) is 25.3 Å². The first-order valence-electron chi connectivity index (χ1n) is 8.86. The maximum atomic E-state index is 12.4. The predicted octanol–water partition coefficient (Wildman–Crippen LogP) is 4.36. The number of nitrogens with zero attached hydrogens (tertiary/aromatic N) is 2. The van der Waals surface area contributed by atoms with E-state index in [1.165, 1.54) is 11.3 Å². The van der Waals surface area contributed by atoms with Crippen LogP contribution in [0.5, 0.6) is 0 Å². The number of rotatable bonds is 6. The standard InChI is InChI=1S/C20H17BrN4O2S/c21-15-5-1-3-12(9-15)11-22-17(26)14-4-2-6-16(10-14)23-18(27)20-25-24-19(28-20)13-7-8-13/h1-6,9-10,13H,7-8,11H2,(H,22,26)(H,23,27). The van der Waals surface area contributed by atoms with E-state index in [-0.39, 0.29) is 11.8 Å². The van der Waals surface area contributed by atoms with Gasteiger partial charge in [-0.25, -0.2) is 0 Å². The van der Waals surface area contributed by atoms with Crippen molar-refractivity contribution < 1.29 is 9.59 Å². The van der Waals surface area contributed by atoms with Gasteiger partial charge in [-0.05, 0) is 48.7 Å². The molecule has 0 radical (unpaired) electrons. The van der Waals surface area contributed by atoms with Crippen LogP contribution in [-0.2, 0) is 6.54 Å². The molecular weight excluding hydrogens is 440 g/mol. The van der Waals surface area contributed by atoms with Gasteiger partial charge in [0.05, 0.1) is 0 Å². The highest BCUT2D eigenvalue weighted by Crippen LogP contribution is 2.41. The van der Waals surface area contributed by atoms with Gasteiger partial charge in [-0.15, -0.1) is 10.2 Å². The van der Waals surface area contributed by atoms with E-state index >= 15 is 0 Å². The Labute approximate surface area is 174 Å². The third-order valence-corrected chi connectivity index (χ3v) is 5.86. The molecule has 0 saturated heterocycles. The van der Waals surface area contributed by atoms with Crippen LogP contribution < -0.4 is 10.6 Å². The second kappa shape index (κ2) is 8.20. The summed E-state index contributed by atoms with van der Waals surface area (Å²) in [6.45, 7) is 0.420. The summed E-state index contributed by atoms with van der Waals surface area (Å²) in [4.78, 5) is 24.8. The van der Waals surface area contributed by atoms with Crippen molar-refractivity contribution >= 4 is 44.8 Å². The number of amides is 2. The maximum Gasteiger partial charge on any atom is 0.286 e. The summed E-state index contributed by atoms with van der Waals surface area (Å²) in [5.74, 6) is -0.0459. The molecule has 0 bridgehead atoms. The van der Waals surface area contributed by atoms with E-state index in [9.17, 15) is 9.59 Å². The summed E-state index contributed by atoms with van der Waals surface area (Å²) in [7, 11) is 0. The molecule has 0 unspecified atom stereocenters. The Bertz CT molecular complexity index is 1030. The molecule has 2 amide bonds. The maximum absolute atomic E-state index is 12.4. The molecule has 1 aliphatic carbocycles. The van der Waals surface area contributed by atoms with E-state index in [1.807, 2.05) is 24.3 Å². The third kappa shape index (κ3) is 4.63. The fourth-order valence-electron chi connectivity index (χ4n) is 2.68. The Morgan fingerprint density at radius 2 is 1.89 bits per heavy atom. The fourth-order valence-corrected chi connectivity index (χ4v) is 4.03. The Morgan fingerprint density at radius 1 is 1.07 bits per heavy atom. The van der Waals surface area contributed by atoms with Gasteiger partial charge in [0.2, 0.25) is 5.01 Å². The predicted molar refractivity (Wildman–Crippen MR) is 112 cm³/mol. The minimum absolute atomic E-state index is 0.206. The molecule has 8 heteroatoms. The van der Waals surface area contributed by atoms with Gasteiger partial charge < -0.3 is 10.6 Å². The minimum Gasteiger partial charge on any atom is -0.348 e. The highest BCUT2D eigenvalue weighted by atomic mass is 79.9. The average Bonchev–Trinajstić information content (AvgIpc) is 3.43. The normalized spacial score (nSPS) is 13.2. The molecule has 6 nitrogen and oxygen atoms in total. The molecule has 3 aromatic rings. The number of benzene rings is 2. The van der Waals surface area contributed by atoms with Gasteiger partial charge in [-0.1, -0.05) is 45.5 Å². The molecule has 2 aromatic carbocycles. The summed E-state index contributed by atoms with van der Waals surface area (Å²) in [6.07, 6.45) is 2.24. The van der Waals surface area contributed by atoms with Crippen LogP contribution in [0.15, 0.2) is 53.0 Å². The quantitative estimate of drug-likeness (QED) is 0.576. The van der Waals surface area contributed by atoms with Gasteiger partial charge in [0.25, 0.3) is 11.8 Å². The summed E-state index contributed by atoms with van der Waals surface area (Å²) < 4.78 is 0.963. The van der Waals surface area contributed by atoms with Gasteiger partial charge >= 0.3 is 0 Å². The lowest BCUT2D eigenvalue weighted by Gasteiger charge is -2.08. The molecule has 142 valence electrons. The molecule has 0 spiro atoms. The molecule has 1 aromatic heterocycles. The highest BCUT2D eigenvalue weighted by molar-refractivity contribution is 9.10. The van der Waals surface area contributed by atoms with Crippen molar-refractivity contribution in [3.63, 3.8) is 0 Å². The van der Waals surface area contributed by atoms with Crippen molar-refractivity contribution in [1.82, 2.24) is 15.5 Å². The number of nitrogens with one attached hydrogen (secondary N) is 2. The number of aromatic nitrogens is 2. The van der Waals surface area contributed by atoms with Crippen molar-refractivity contribution in [3.05, 3.63) is 74.1 Å². The largest absolute Gasteiger partial charge is 0.348 e. The van der Waals surface area contributed by atoms with Gasteiger partial charge in [0.1, 0.15) is 5.01 Å². The van der Waals surface area contributed by atoms with Crippen LogP contribution in [0.4, 0.5) is 5.69 Å². The zero-order valence-corrected chi connectivity index (χ0v) is 17.2. The van der Waals surface area contributed by atoms with E-state index in [1.54, 1.807) is 24.3 Å². The van der Waals surface area contributed by atoms with Crippen LogP contribution in [0.1, 0.15) is 49.5 Å². The SMILES string of the molecule is O=C(NCc1cccc(Br)c1)c1cccc(NC(=O)c2nnc(C3CC3)s2)c1. The summed E-state index contributed by atoms with van der Waals surface area (Å²) in [5, 5.41) is 15.0. The molecular formula is C20H17BrN4O2S. The first-order chi connectivity index (χ1) is 13.6. The molecule has 0 aliphatic heterocycles. The molecule has 1 fully saturated rings. The van der Waals surface area contributed by atoms with E-state index < -0.39 is 0 Å². The monoisotopic (exact) mass is 456 g/mol. The van der Waals surface area contributed by atoms with E-state index in [4.69, 9.17) is 0 Å². The van der Waals surface area contributed by atoms with Crippen LogP contribution in [0.2, 0.25) is 0 Å². The zero-order chi connectivity index (χ0) is 19.5. The van der Waals surface area contributed by atoms with Crippen LogP contribution >= 0.6 is 27.3 Å². The lowest BCUT2D eigenvalue weighted by molar-refractivity contribution is 0.0949. The molecule has 1 saturated carbocycles. The van der Waals surface area contributed by atoms with Crippen molar-refractivity contribution in [2.75, 3.05) is 5.32 Å². The summed E-state index contributed by atoms with van der Waals surface area (Å²) in [5.41, 5.74) is 2.02. The second-order valence-corrected chi connectivity index (χ2v) is 8.49. The summed E-state index contributed by atoms with van der Waals surface area (Å²) >= 11 is 4.75. The number of anilines is 1. The minimum atomic E-state index is -0.309. The number of carbonyl (C=O) groups is 2. The fraction of sp³-hybridized carbons (Fsp3) is 0.200. The molecule has 0 atom stereocenters. The smallest absolute Gasteiger partial charge is 0.286 e. The first kappa shape index (κ1) is 18.8. The zero-order valence-electron chi connectivity index (χ0n) is 14.8. The lowest BCUT2D eigenvalue weighted by Crippen LogP contribution is -2.23. The van der Waals surface area contributed by atoms with Crippen LogP contribution in [0.3, 0.4) is 0 Å². The Morgan fingerprint density at radius 3 is 2.68 bits per heavy atom. The molecule has 1 aliphatic rings. The van der Waals surface area contributed by atoms with E-state index in [0.29, 0.717) is 28.7 Å². The second-order valence-electron chi connectivity index (χ2n) is 6.57. The van der Waals surface area contributed by atoms with Crippen molar-refractivity contribution in [3.8, 4) is 0 Å². The molecule has 1 heterocycles. The van der Waals surface area contributed by atoms with Crippen LogP contribution in [0.25, 0.3) is 0 Å². The molecule has 28 heavy (non-hydrogen) atoms. The Kier molecular flexibility index (Phi) is 5.50. The summed E-state index contributed by atoms with van der Waals surface area (Å²) in [6, 6.07) is 14.6. The Balaban J connectivity index is 1.38. The van der Waals surface area contributed by atoms with Crippen molar-refractivity contribution in [1.29, 1.82) is 0 Å². The lowest BCUT2D eigenvalue weighted by atomic mass is 10.1. The third-order valence-electron chi connectivity index (χ3n) is 4.29. The van der Waals surface area contributed by atoms with Crippen molar-refractivity contribution in [2.24, 2.45) is 0 Å². The van der Waals surface area contributed by atoms with Gasteiger partial charge in [-0.3, -0.25) is 9.59 Å². The number of halogens is 1. The Hall–Kier alpha value is -2.58. The first-order valence-corrected chi connectivity index (χ1v) is 10.5. The van der Waals surface area contributed by atoms with Gasteiger partial charge in [-0.2, -0.15) is 0 Å². The van der Waals surface area contributed by atoms with E-state index in [0.717, 1.165) is 27.9 Å². The van der Waals surface area contributed by atoms with Gasteiger partial charge in [0.15, 0.2) is 0 Å². The van der Waals surface area contributed by atoms with E-state index in [2.05, 4.69) is 36.8 Å². The number of hydrogen-bond donors (Lipinski definition) is 2. The topological polar surface area (TPSA) is 84.0 Å². The van der Waals surface area contributed by atoms with Gasteiger partial charge in [0, 0.05) is 28.2 Å². The molecule has 2 N–H and O–H groups in total. The number of carbonyl (C=O) groups excluding carboxylic acids is 2. The number of hydrogen-bond acceptors (Lipinski definition) is 5. The van der Waals surface area contributed by atoms with Crippen LogP contribution in [-0.4, -0.2) is 22.0 Å². The van der Waals surface area contributed by atoms with Crippen LogP contribution in [0, 0.1) is 0 Å². The average molecular weight is 457 g/mol. The molecule has 4 rings (SSSR count). The highest BCUT2D eigenvalue weighted by Gasteiger charge is 2.28.